The first-order valence-corrected chi connectivity index (χ1v) is 7.13. The van der Waals surface area contributed by atoms with Gasteiger partial charge in [-0.3, -0.25) is 0 Å². The van der Waals surface area contributed by atoms with Crippen molar-refractivity contribution in [3.8, 4) is 6.07 Å². The molecule has 2 rings (SSSR count). The summed E-state index contributed by atoms with van der Waals surface area (Å²) in [5, 5.41) is 12.2. The fraction of sp³-hybridized carbons (Fsp3) is 0.375. The Hall–Kier alpha value is -2.19. The molecule has 0 unspecified atom stereocenters. The average Bonchev–Trinajstić information content (AvgIpc) is 2.93. The van der Waals surface area contributed by atoms with E-state index in [1.165, 1.54) is 6.07 Å². The van der Waals surface area contributed by atoms with Gasteiger partial charge in [0.05, 0.1) is 17.6 Å². The van der Waals surface area contributed by atoms with Crippen LogP contribution in [-0.2, 0) is 13.0 Å². The molecule has 1 aromatic heterocycles. The van der Waals surface area contributed by atoms with Crippen LogP contribution in [0.25, 0.3) is 0 Å². The Morgan fingerprint density at radius 1 is 1.38 bits per heavy atom. The molecule has 1 heterocycles. The molecular weight excluding hydrogens is 267 g/mol. The molecule has 0 saturated carbocycles. The number of benzene rings is 1. The first-order chi connectivity index (χ1) is 10.2. The van der Waals surface area contributed by atoms with Gasteiger partial charge < -0.3 is 9.88 Å². The lowest BCUT2D eigenvalue weighted by molar-refractivity contribution is 0.622. The summed E-state index contributed by atoms with van der Waals surface area (Å²) in [5.74, 6) is -0.477. The molecule has 0 saturated heterocycles. The van der Waals surface area contributed by atoms with Gasteiger partial charge in [0.1, 0.15) is 11.9 Å². The number of nitrogens with one attached hydrogen (secondary N) is 1. The van der Waals surface area contributed by atoms with Crippen LogP contribution in [0.3, 0.4) is 0 Å². The maximum atomic E-state index is 13.3. The van der Waals surface area contributed by atoms with Crippen molar-refractivity contribution in [2.45, 2.75) is 26.3 Å². The van der Waals surface area contributed by atoms with Crippen molar-refractivity contribution in [1.82, 2.24) is 14.9 Å². The highest BCUT2D eigenvalue weighted by atomic mass is 19.1. The second-order valence-corrected chi connectivity index (χ2v) is 4.96. The number of nitriles is 1. The quantitative estimate of drug-likeness (QED) is 0.796. The Kier molecular flexibility index (Phi) is 5.47. The predicted octanol–water partition coefficient (Wildman–Crippen LogP) is 2.48. The van der Waals surface area contributed by atoms with Gasteiger partial charge in [-0.2, -0.15) is 5.26 Å². The van der Waals surface area contributed by atoms with Crippen molar-refractivity contribution in [2.75, 3.05) is 13.1 Å². The summed E-state index contributed by atoms with van der Waals surface area (Å²) >= 11 is 0. The molecule has 110 valence electrons. The number of rotatable bonds is 7. The monoisotopic (exact) mass is 286 g/mol. The molecule has 0 fully saturated rings. The summed E-state index contributed by atoms with van der Waals surface area (Å²) in [6, 6.07) is 6.47. The maximum Gasteiger partial charge on any atom is 0.140 e. The largest absolute Gasteiger partial charge is 0.333 e. The lowest BCUT2D eigenvalue weighted by Gasteiger charge is -2.03. The van der Waals surface area contributed by atoms with E-state index in [4.69, 9.17) is 5.26 Å². The van der Waals surface area contributed by atoms with Gasteiger partial charge in [0.25, 0.3) is 0 Å². The first kappa shape index (κ1) is 15.2. The Bertz CT molecular complexity index is 627. The Labute approximate surface area is 124 Å². The molecule has 2 aromatic rings. The molecule has 4 nitrogen and oxygen atoms in total. The second-order valence-electron chi connectivity index (χ2n) is 4.96. The van der Waals surface area contributed by atoms with E-state index >= 15 is 0 Å². The second kappa shape index (κ2) is 7.55. The van der Waals surface area contributed by atoms with Gasteiger partial charge in [-0.25, -0.2) is 9.37 Å². The molecule has 0 aliphatic carbocycles. The third kappa shape index (κ3) is 4.40. The summed E-state index contributed by atoms with van der Waals surface area (Å²) in [4.78, 5) is 4.35. The molecular formula is C16H19FN4. The van der Waals surface area contributed by atoms with E-state index < -0.39 is 5.82 Å². The van der Waals surface area contributed by atoms with Crippen molar-refractivity contribution in [2.24, 2.45) is 0 Å². The molecule has 1 aromatic carbocycles. The van der Waals surface area contributed by atoms with Crippen LogP contribution >= 0.6 is 0 Å². The van der Waals surface area contributed by atoms with E-state index in [0.717, 1.165) is 37.2 Å². The highest BCUT2D eigenvalue weighted by molar-refractivity contribution is 5.34. The van der Waals surface area contributed by atoms with E-state index in [9.17, 15) is 4.39 Å². The van der Waals surface area contributed by atoms with Crippen molar-refractivity contribution < 1.29 is 4.39 Å². The Balaban J connectivity index is 1.94. The predicted molar refractivity (Wildman–Crippen MR) is 79.3 cm³/mol. The molecule has 0 spiro atoms. The molecule has 0 aliphatic rings. The first-order valence-electron chi connectivity index (χ1n) is 7.13. The standard InChI is InChI=1S/C16H19FN4/c1-2-6-19-7-5-15-11-21(12-20-15)10-13-3-4-16(17)14(8-13)9-18/h3-4,8,11-12,19H,2,5-7,10H2,1H3. The zero-order chi connectivity index (χ0) is 15.1. The summed E-state index contributed by atoms with van der Waals surface area (Å²) < 4.78 is 15.2. The minimum absolute atomic E-state index is 0.0802. The fourth-order valence-electron chi connectivity index (χ4n) is 2.11. The number of hydrogen-bond acceptors (Lipinski definition) is 3. The number of hydrogen-bond donors (Lipinski definition) is 1. The van der Waals surface area contributed by atoms with Crippen molar-refractivity contribution in [1.29, 1.82) is 5.26 Å². The molecule has 0 bridgehead atoms. The number of halogens is 1. The third-order valence-electron chi connectivity index (χ3n) is 3.19. The van der Waals surface area contributed by atoms with Gasteiger partial charge in [-0.15, -0.1) is 0 Å². The van der Waals surface area contributed by atoms with E-state index in [1.54, 1.807) is 18.5 Å². The molecule has 0 amide bonds. The average molecular weight is 286 g/mol. The van der Waals surface area contributed by atoms with Crippen LogP contribution in [0.15, 0.2) is 30.7 Å². The number of aromatic nitrogens is 2. The summed E-state index contributed by atoms with van der Waals surface area (Å²) in [7, 11) is 0. The normalized spacial score (nSPS) is 10.5. The lowest BCUT2D eigenvalue weighted by atomic mass is 10.1. The third-order valence-corrected chi connectivity index (χ3v) is 3.19. The van der Waals surface area contributed by atoms with Gasteiger partial charge in [-0.1, -0.05) is 13.0 Å². The number of nitrogens with zero attached hydrogens (tertiary/aromatic N) is 3. The van der Waals surface area contributed by atoms with Gasteiger partial charge in [-0.05, 0) is 30.7 Å². The van der Waals surface area contributed by atoms with Crippen molar-refractivity contribution >= 4 is 0 Å². The molecule has 1 N–H and O–H groups in total. The highest BCUT2D eigenvalue weighted by Crippen LogP contribution is 2.11. The topological polar surface area (TPSA) is 53.6 Å². The van der Waals surface area contributed by atoms with Crippen LogP contribution in [0, 0.1) is 17.1 Å². The Morgan fingerprint density at radius 2 is 2.24 bits per heavy atom. The summed E-state index contributed by atoms with van der Waals surface area (Å²) in [6.07, 6.45) is 5.77. The number of imidazole rings is 1. The van der Waals surface area contributed by atoms with E-state index in [2.05, 4.69) is 17.2 Å². The van der Waals surface area contributed by atoms with Crippen molar-refractivity contribution in [3.63, 3.8) is 0 Å². The van der Waals surface area contributed by atoms with Crippen LogP contribution in [0.4, 0.5) is 4.39 Å². The van der Waals surface area contributed by atoms with Gasteiger partial charge in [0, 0.05) is 25.7 Å². The zero-order valence-corrected chi connectivity index (χ0v) is 12.1. The molecule has 0 atom stereocenters. The molecule has 21 heavy (non-hydrogen) atoms. The van der Waals surface area contributed by atoms with Crippen LogP contribution in [0.2, 0.25) is 0 Å². The van der Waals surface area contributed by atoms with Crippen LogP contribution in [0.5, 0.6) is 0 Å². The van der Waals surface area contributed by atoms with E-state index in [-0.39, 0.29) is 5.56 Å². The van der Waals surface area contributed by atoms with Gasteiger partial charge in [0.15, 0.2) is 0 Å². The Morgan fingerprint density at radius 3 is 3.00 bits per heavy atom. The van der Waals surface area contributed by atoms with E-state index in [1.807, 2.05) is 16.8 Å². The summed E-state index contributed by atoms with van der Waals surface area (Å²) in [6.45, 7) is 4.66. The maximum absolute atomic E-state index is 13.3. The fourth-order valence-corrected chi connectivity index (χ4v) is 2.11. The highest BCUT2D eigenvalue weighted by Gasteiger charge is 2.04. The molecule has 5 heteroatoms. The molecule has 0 radical (unpaired) electrons. The minimum Gasteiger partial charge on any atom is -0.333 e. The van der Waals surface area contributed by atoms with E-state index in [0.29, 0.717) is 6.54 Å². The van der Waals surface area contributed by atoms with Crippen LogP contribution < -0.4 is 5.32 Å². The lowest BCUT2D eigenvalue weighted by Crippen LogP contribution is -2.17. The van der Waals surface area contributed by atoms with Crippen LogP contribution in [0.1, 0.15) is 30.2 Å². The van der Waals surface area contributed by atoms with Gasteiger partial charge in [0.2, 0.25) is 0 Å². The zero-order valence-electron chi connectivity index (χ0n) is 12.1. The van der Waals surface area contributed by atoms with Crippen molar-refractivity contribution in [3.05, 3.63) is 53.4 Å². The summed E-state index contributed by atoms with van der Waals surface area (Å²) in [5.41, 5.74) is 2.00. The molecule has 0 aliphatic heterocycles. The van der Waals surface area contributed by atoms with Crippen LogP contribution in [-0.4, -0.2) is 22.6 Å². The SMILES string of the molecule is CCCNCCc1cn(Cc2ccc(F)c(C#N)c2)cn1. The minimum atomic E-state index is -0.477. The smallest absolute Gasteiger partial charge is 0.140 e. The van der Waals surface area contributed by atoms with Gasteiger partial charge >= 0.3 is 0 Å².